The molecule has 0 aliphatic heterocycles. The molecule has 3 N–H and O–H groups in total. The van der Waals surface area contributed by atoms with Crippen LogP contribution in [0.5, 0.6) is 5.75 Å². The van der Waals surface area contributed by atoms with Crippen LogP contribution in [0.15, 0.2) is 64.0 Å². The van der Waals surface area contributed by atoms with Crippen LogP contribution in [0.3, 0.4) is 0 Å². The number of aromatic nitrogens is 3. The summed E-state index contributed by atoms with van der Waals surface area (Å²) < 4.78 is 11.8. The molecule has 0 unspecified atom stereocenters. The first-order valence-electron chi connectivity index (χ1n) is 8.79. The molecule has 0 saturated carbocycles. The van der Waals surface area contributed by atoms with Crippen molar-refractivity contribution in [1.29, 1.82) is 0 Å². The molecule has 0 amide bonds. The maximum atomic E-state index is 12.0. The van der Waals surface area contributed by atoms with E-state index in [2.05, 4.69) is 27.7 Å². The highest BCUT2D eigenvalue weighted by molar-refractivity contribution is 5.83. The zero-order valence-electron chi connectivity index (χ0n) is 15.0. The van der Waals surface area contributed by atoms with Crippen LogP contribution in [0.4, 0.5) is 0 Å². The van der Waals surface area contributed by atoms with E-state index in [0.717, 1.165) is 29.9 Å². The lowest BCUT2D eigenvalue weighted by Crippen LogP contribution is -2.41. The normalized spacial score (nSPS) is 11.1. The molecule has 7 heteroatoms. The number of fused-ring (bicyclic) bond motifs is 1. The Kier molecular flexibility index (Phi) is 4.76. The fraction of sp³-hybridized carbons (Fsp3) is 0.200. The first-order valence-corrected chi connectivity index (χ1v) is 8.79. The van der Waals surface area contributed by atoms with Gasteiger partial charge in [-0.1, -0.05) is 18.2 Å². The molecule has 2 aromatic heterocycles. The van der Waals surface area contributed by atoms with E-state index in [1.807, 2.05) is 42.6 Å². The molecule has 0 bridgehead atoms. The second-order valence-electron chi connectivity index (χ2n) is 6.25. The number of aromatic amines is 2. The minimum Gasteiger partial charge on any atom is -0.497 e. The van der Waals surface area contributed by atoms with Crippen molar-refractivity contribution >= 4 is 10.9 Å². The molecule has 0 atom stereocenters. The van der Waals surface area contributed by atoms with Gasteiger partial charge in [0, 0.05) is 29.2 Å². The predicted molar refractivity (Wildman–Crippen MR) is 101 cm³/mol. The number of H-pyrrole nitrogens is 2. The van der Waals surface area contributed by atoms with E-state index < -0.39 is 0 Å². The summed E-state index contributed by atoms with van der Waals surface area (Å²) in [7, 11) is 1.62. The Hall–Kier alpha value is -3.32. The van der Waals surface area contributed by atoms with Gasteiger partial charge in [0.25, 0.3) is 0 Å². The summed E-state index contributed by atoms with van der Waals surface area (Å²) in [6.07, 6.45) is 2.90. The Bertz CT molecular complexity index is 1090. The van der Waals surface area contributed by atoms with Crippen molar-refractivity contribution in [2.75, 3.05) is 13.7 Å². The van der Waals surface area contributed by atoms with Crippen LogP contribution in [-0.2, 0) is 13.0 Å². The molecule has 27 heavy (non-hydrogen) atoms. The quantitative estimate of drug-likeness (QED) is 0.346. The molecule has 0 spiro atoms. The lowest BCUT2D eigenvalue weighted by Gasteiger charge is -2.01. The predicted octanol–water partition coefficient (Wildman–Crippen LogP) is 2.07. The number of nitrogens with one attached hydrogen (secondary N) is 3. The minimum absolute atomic E-state index is 0.384. The number of para-hydroxylation sites is 1. The van der Waals surface area contributed by atoms with Crippen molar-refractivity contribution < 1.29 is 13.9 Å². The fourth-order valence-electron chi connectivity index (χ4n) is 3.15. The number of benzene rings is 2. The molecular formula is C20H21N4O3+. The molecule has 0 fully saturated rings. The van der Waals surface area contributed by atoms with Gasteiger partial charge < -0.3 is 15.0 Å². The summed E-state index contributed by atoms with van der Waals surface area (Å²) >= 11 is 0. The van der Waals surface area contributed by atoms with Crippen LogP contribution in [0, 0.1) is 0 Å². The highest BCUT2D eigenvalue weighted by Gasteiger charge is 2.22. The summed E-state index contributed by atoms with van der Waals surface area (Å²) in [5.41, 5.74) is 3.32. The molecule has 2 heterocycles. The number of rotatable bonds is 7. The standard InChI is InChI=1S/C20H20N4O3/c1-26-16-8-6-15(7-9-16)24-19(20(25)27-23-24)13-21-11-10-14-12-22-18-5-3-2-4-17(14)18/h2-9,12,21-22H,10-11,13H2,1H3/p+1. The molecule has 0 aliphatic rings. The molecule has 4 aromatic rings. The van der Waals surface area contributed by atoms with Crippen LogP contribution in [0.25, 0.3) is 16.6 Å². The number of methoxy groups -OCH3 is 1. The average molecular weight is 365 g/mol. The van der Waals surface area contributed by atoms with Gasteiger partial charge in [-0.05, 0) is 46.7 Å². The molecule has 7 nitrogen and oxygen atoms in total. The van der Waals surface area contributed by atoms with Gasteiger partial charge in [-0.25, -0.2) is 4.79 Å². The van der Waals surface area contributed by atoms with Gasteiger partial charge in [0.1, 0.15) is 5.75 Å². The van der Waals surface area contributed by atoms with Crippen molar-refractivity contribution in [2.24, 2.45) is 0 Å². The molecule has 4 rings (SSSR count). The SMILES string of the molecule is COc1ccc(-[n+]2[nH]oc(=O)c2CNCCc2c[nH]c3ccccc23)cc1. The third-order valence-corrected chi connectivity index (χ3v) is 4.60. The summed E-state index contributed by atoms with van der Waals surface area (Å²) in [5, 5.41) is 7.21. The van der Waals surface area contributed by atoms with Crippen molar-refractivity contribution in [3.63, 3.8) is 0 Å². The Labute approximate surface area is 155 Å². The first-order chi connectivity index (χ1) is 13.3. The third-order valence-electron chi connectivity index (χ3n) is 4.60. The molecular weight excluding hydrogens is 344 g/mol. The van der Waals surface area contributed by atoms with Crippen molar-refractivity contribution in [2.45, 2.75) is 13.0 Å². The summed E-state index contributed by atoms with van der Waals surface area (Å²) in [6, 6.07) is 15.6. The van der Waals surface area contributed by atoms with Gasteiger partial charge in [0.15, 0.2) is 0 Å². The fourth-order valence-corrected chi connectivity index (χ4v) is 3.15. The zero-order chi connectivity index (χ0) is 18.6. The van der Waals surface area contributed by atoms with Crippen molar-refractivity contribution in [3.05, 3.63) is 76.4 Å². The first kappa shape index (κ1) is 17.1. The molecule has 138 valence electrons. The van der Waals surface area contributed by atoms with Crippen LogP contribution >= 0.6 is 0 Å². The Morgan fingerprint density at radius 3 is 2.78 bits per heavy atom. The van der Waals surface area contributed by atoms with Gasteiger partial charge in [-0.2, -0.15) is 0 Å². The number of hydrogen-bond donors (Lipinski definition) is 3. The Morgan fingerprint density at radius 1 is 1.15 bits per heavy atom. The van der Waals surface area contributed by atoms with E-state index in [0.29, 0.717) is 12.2 Å². The van der Waals surface area contributed by atoms with Gasteiger partial charge in [0.2, 0.25) is 5.69 Å². The minimum atomic E-state index is -0.384. The lowest BCUT2D eigenvalue weighted by atomic mass is 10.1. The Balaban J connectivity index is 1.42. The van der Waals surface area contributed by atoms with Crippen molar-refractivity contribution in [1.82, 2.24) is 15.6 Å². The summed E-state index contributed by atoms with van der Waals surface area (Å²) in [6.45, 7) is 1.15. The monoisotopic (exact) mass is 365 g/mol. The summed E-state index contributed by atoms with van der Waals surface area (Å²) in [5.74, 6) is 0.753. The second kappa shape index (κ2) is 7.51. The van der Waals surface area contributed by atoms with Gasteiger partial charge in [-0.15, -0.1) is 0 Å². The highest BCUT2D eigenvalue weighted by atomic mass is 16.5. The highest BCUT2D eigenvalue weighted by Crippen LogP contribution is 2.17. The van der Waals surface area contributed by atoms with E-state index in [9.17, 15) is 4.79 Å². The largest absolute Gasteiger partial charge is 0.497 e. The van der Waals surface area contributed by atoms with Crippen LogP contribution in [0.1, 0.15) is 11.3 Å². The molecule has 0 aliphatic carbocycles. The van der Waals surface area contributed by atoms with E-state index in [1.54, 1.807) is 11.8 Å². The molecule has 2 aromatic carbocycles. The number of hydrogen-bond acceptors (Lipinski definition) is 4. The number of ether oxygens (including phenoxy) is 1. The van der Waals surface area contributed by atoms with E-state index in [1.165, 1.54) is 10.9 Å². The van der Waals surface area contributed by atoms with Gasteiger partial charge in [-0.3, -0.25) is 4.52 Å². The van der Waals surface area contributed by atoms with E-state index >= 15 is 0 Å². The van der Waals surface area contributed by atoms with Gasteiger partial charge in [0.05, 0.1) is 13.7 Å². The van der Waals surface area contributed by atoms with E-state index in [4.69, 9.17) is 9.26 Å². The van der Waals surface area contributed by atoms with Crippen LogP contribution in [0.2, 0.25) is 0 Å². The Morgan fingerprint density at radius 2 is 1.96 bits per heavy atom. The number of nitrogens with zero attached hydrogens (tertiary/aromatic N) is 1. The maximum absolute atomic E-state index is 12.0. The van der Waals surface area contributed by atoms with Crippen LogP contribution in [-0.4, -0.2) is 23.9 Å². The topological polar surface area (TPSA) is 86.9 Å². The van der Waals surface area contributed by atoms with Crippen molar-refractivity contribution in [3.8, 4) is 11.4 Å². The molecule has 0 radical (unpaired) electrons. The summed E-state index contributed by atoms with van der Waals surface area (Å²) in [4.78, 5) is 15.3. The average Bonchev–Trinajstić information content (AvgIpc) is 3.29. The lowest BCUT2D eigenvalue weighted by molar-refractivity contribution is -0.677. The smallest absolute Gasteiger partial charge is 0.431 e. The van der Waals surface area contributed by atoms with Crippen LogP contribution < -0.4 is 20.4 Å². The molecule has 0 saturated heterocycles. The van der Waals surface area contributed by atoms with Gasteiger partial charge >= 0.3 is 11.3 Å². The third kappa shape index (κ3) is 3.50. The van der Waals surface area contributed by atoms with E-state index in [-0.39, 0.29) is 5.63 Å². The zero-order valence-corrected chi connectivity index (χ0v) is 15.0. The maximum Gasteiger partial charge on any atom is 0.431 e. The second-order valence-corrected chi connectivity index (χ2v) is 6.25.